The molecule has 1 aliphatic heterocycles. The van der Waals surface area contributed by atoms with Crippen molar-refractivity contribution < 1.29 is 0 Å². The fraction of sp³-hybridized carbons (Fsp3) is 0.235. The van der Waals surface area contributed by atoms with Crippen molar-refractivity contribution in [2.75, 3.05) is 17.3 Å². The first-order chi connectivity index (χ1) is 11.2. The maximum Gasteiger partial charge on any atom is 0.281 e. The van der Waals surface area contributed by atoms with E-state index in [2.05, 4.69) is 46.1 Å². The van der Waals surface area contributed by atoms with E-state index in [4.69, 9.17) is 0 Å². The summed E-state index contributed by atoms with van der Waals surface area (Å²) in [5.74, 6) is 1.52. The van der Waals surface area contributed by atoms with E-state index in [0.717, 1.165) is 18.4 Å². The summed E-state index contributed by atoms with van der Waals surface area (Å²) in [6, 6.07) is 12.1. The Bertz CT molecular complexity index is 920. The lowest BCUT2D eigenvalue weighted by atomic mass is 10.2. The Balaban J connectivity index is 1.62. The Kier molecular flexibility index (Phi) is 3.53. The highest BCUT2D eigenvalue weighted by molar-refractivity contribution is 7.99. The SMILES string of the molecule is Cc1ccc(SCN2CCn3c2nc2cccnc2c3=O)cc1. The van der Waals surface area contributed by atoms with E-state index in [-0.39, 0.29) is 5.56 Å². The topological polar surface area (TPSA) is 51.0 Å². The van der Waals surface area contributed by atoms with Gasteiger partial charge in [-0.1, -0.05) is 17.7 Å². The minimum Gasteiger partial charge on any atom is -0.331 e. The van der Waals surface area contributed by atoms with E-state index in [9.17, 15) is 4.79 Å². The van der Waals surface area contributed by atoms with Crippen LogP contribution in [0.15, 0.2) is 52.3 Å². The molecule has 6 heteroatoms. The molecule has 3 heterocycles. The van der Waals surface area contributed by atoms with Gasteiger partial charge in [0.1, 0.15) is 0 Å². The molecule has 4 rings (SSSR count). The van der Waals surface area contributed by atoms with Gasteiger partial charge in [-0.25, -0.2) is 9.97 Å². The van der Waals surface area contributed by atoms with Crippen molar-refractivity contribution in [2.45, 2.75) is 18.4 Å². The number of hydrogen-bond acceptors (Lipinski definition) is 5. The normalized spacial score (nSPS) is 13.5. The van der Waals surface area contributed by atoms with Gasteiger partial charge in [-0.3, -0.25) is 9.36 Å². The lowest BCUT2D eigenvalue weighted by Crippen LogP contribution is -2.23. The monoisotopic (exact) mass is 324 g/mol. The van der Waals surface area contributed by atoms with Gasteiger partial charge in [0.15, 0.2) is 5.52 Å². The van der Waals surface area contributed by atoms with Crippen LogP contribution in [-0.4, -0.2) is 27.0 Å². The Labute approximate surface area is 138 Å². The number of aromatic nitrogens is 3. The summed E-state index contributed by atoms with van der Waals surface area (Å²) in [5, 5.41) is 0. The maximum atomic E-state index is 12.5. The molecule has 0 N–H and O–H groups in total. The molecule has 0 radical (unpaired) electrons. The van der Waals surface area contributed by atoms with Gasteiger partial charge in [0, 0.05) is 24.2 Å². The van der Waals surface area contributed by atoms with Crippen molar-refractivity contribution in [1.29, 1.82) is 0 Å². The number of hydrogen-bond donors (Lipinski definition) is 0. The molecule has 0 saturated carbocycles. The molecule has 0 bridgehead atoms. The second-order valence-electron chi connectivity index (χ2n) is 5.59. The first kappa shape index (κ1) is 14.3. The Morgan fingerprint density at radius 2 is 2.00 bits per heavy atom. The summed E-state index contributed by atoms with van der Waals surface area (Å²) in [7, 11) is 0. The van der Waals surface area contributed by atoms with Gasteiger partial charge in [0.25, 0.3) is 5.56 Å². The fourth-order valence-corrected chi connectivity index (χ4v) is 3.59. The van der Waals surface area contributed by atoms with Crippen molar-refractivity contribution in [2.24, 2.45) is 0 Å². The second kappa shape index (κ2) is 5.70. The molecule has 0 unspecified atom stereocenters. The average Bonchev–Trinajstić information content (AvgIpc) is 2.98. The number of thioether (sulfide) groups is 1. The third-order valence-electron chi connectivity index (χ3n) is 3.98. The van der Waals surface area contributed by atoms with Crippen molar-refractivity contribution in [3.05, 3.63) is 58.5 Å². The predicted octanol–water partition coefficient (Wildman–Crippen LogP) is 2.67. The summed E-state index contributed by atoms with van der Waals surface area (Å²) >= 11 is 1.76. The van der Waals surface area contributed by atoms with Crippen LogP contribution < -0.4 is 10.5 Å². The first-order valence-electron chi connectivity index (χ1n) is 7.52. The molecular formula is C17H16N4OS. The number of fused-ring (bicyclic) bond motifs is 2. The van der Waals surface area contributed by atoms with Crippen LogP contribution >= 0.6 is 11.8 Å². The number of benzene rings is 1. The molecule has 116 valence electrons. The minimum atomic E-state index is -0.0477. The summed E-state index contributed by atoms with van der Waals surface area (Å²) in [5.41, 5.74) is 2.32. The number of rotatable bonds is 3. The lowest BCUT2D eigenvalue weighted by Gasteiger charge is -2.16. The van der Waals surface area contributed by atoms with Gasteiger partial charge < -0.3 is 4.90 Å². The second-order valence-corrected chi connectivity index (χ2v) is 6.61. The molecule has 0 amide bonds. The van der Waals surface area contributed by atoms with Crippen LogP contribution in [0.4, 0.5) is 5.95 Å². The van der Waals surface area contributed by atoms with Gasteiger partial charge in [-0.15, -0.1) is 11.8 Å². The van der Waals surface area contributed by atoms with Gasteiger partial charge in [0.05, 0.1) is 11.4 Å². The van der Waals surface area contributed by atoms with Crippen LogP contribution in [-0.2, 0) is 6.54 Å². The molecule has 0 spiro atoms. The summed E-state index contributed by atoms with van der Waals surface area (Å²) in [4.78, 5) is 24.7. The Morgan fingerprint density at radius 3 is 2.83 bits per heavy atom. The van der Waals surface area contributed by atoms with E-state index in [1.807, 2.05) is 12.1 Å². The van der Waals surface area contributed by atoms with Crippen molar-refractivity contribution in [1.82, 2.24) is 14.5 Å². The minimum absolute atomic E-state index is 0.0477. The van der Waals surface area contributed by atoms with Crippen LogP contribution in [0.1, 0.15) is 5.56 Å². The molecule has 1 aliphatic rings. The number of anilines is 1. The standard InChI is InChI=1S/C17H16N4OS/c1-12-4-6-13(7-5-12)23-11-20-9-10-21-16(22)15-14(19-17(20)21)3-2-8-18-15/h2-8H,9-11H2,1H3. The quantitative estimate of drug-likeness (QED) is 0.693. The van der Waals surface area contributed by atoms with Crippen LogP contribution in [0.5, 0.6) is 0 Å². The Hall–Kier alpha value is -2.34. The zero-order chi connectivity index (χ0) is 15.8. The predicted molar refractivity (Wildman–Crippen MR) is 93.0 cm³/mol. The first-order valence-corrected chi connectivity index (χ1v) is 8.51. The third-order valence-corrected chi connectivity index (χ3v) is 5.03. The summed E-state index contributed by atoms with van der Waals surface area (Å²) in [6.07, 6.45) is 1.64. The van der Waals surface area contributed by atoms with E-state index in [1.54, 1.807) is 22.5 Å². The molecule has 0 saturated heterocycles. The lowest BCUT2D eigenvalue weighted by molar-refractivity contribution is 0.762. The highest BCUT2D eigenvalue weighted by atomic mass is 32.2. The number of pyridine rings is 1. The smallest absolute Gasteiger partial charge is 0.281 e. The molecule has 0 aliphatic carbocycles. The van der Waals surface area contributed by atoms with Crippen LogP contribution in [0.25, 0.3) is 11.0 Å². The van der Waals surface area contributed by atoms with Crippen LogP contribution in [0, 0.1) is 6.92 Å². The highest BCUT2D eigenvalue weighted by Gasteiger charge is 2.23. The molecule has 0 fully saturated rings. The zero-order valence-electron chi connectivity index (χ0n) is 12.8. The van der Waals surface area contributed by atoms with Gasteiger partial charge in [0.2, 0.25) is 5.95 Å². The van der Waals surface area contributed by atoms with Gasteiger partial charge in [-0.2, -0.15) is 0 Å². The maximum absolute atomic E-state index is 12.5. The molecule has 5 nitrogen and oxygen atoms in total. The summed E-state index contributed by atoms with van der Waals surface area (Å²) in [6.45, 7) is 3.56. The molecule has 2 aromatic heterocycles. The largest absolute Gasteiger partial charge is 0.331 e. The van der Waals surface area contributed by atoms with Crippen molar-refractivity contribution in [3.8, 4) is 0 Å². The molecule has 0 atom stereocenters. The van der Waals surface area contributed by atoms with E-state index < -0.39 is 0 Å². The molecular weight excluding hydrogens is 308 g/mol. The number of aryl methyl sites for hydroxylation is 1. The number of nitrogens with zero attached hydrogens (tertiary/aromatic N) is 4. The van der Waals surface area contributed by atoms with Gasteiger partial charge >= 0.3 is 0 Å². The fourth-order valence-electron chi connectivity index (χ4n) is 2.71. The van der Waals surface area contributed by atoms with Gasteiger partial charge in [-0.05, 0) is 31.2 Å². The highest BCUT2D eigenvalue weighted by Crippen LogP contribution is 2.25. The molecule has 1 aromatic carbocycles. The third kappa shape index (κ3) is 2.59. The Morgan fingerprint density at radius 1 is 1.17 bits per heavy atom. The van der Waals surface area contributed by atoms with E-state index in [1.165, 1.54) is 10.5 Å². The van der Waals surface area contributed by atoms with Crippen LogP contribution in [0.2, 0.25) is 0 Å². The van der Waals surface area contributed by atoms with Crippen molar-refractivity contribution >= 4 is 28.7 Å². The van der Waals surface area contributed by atoms with E-state index in [0.29, 0.717) is 17.6 Å². The molecule has 23 heavy (non-hydrogen) atoms. The van der Waals surface area contributed by atoms with Crippen molar-refractivity contribution in [3.63, 3.8) is 0 Å². The summed E-state index contributed by atoms with van der Waals surface area (Å²) < 4.78 is 1.73. The zero-order valence-corrected chi connectivity index (χ0v) is 13.6. The van der Waals surface area contributed by atoms with E-state index >= 15 is 0 Å². The molecule has 3 aromatic rings. The van der Waals surface area contributed by atoms with Crippen LogP contribution in [0.3, 0.4) is 0 Å². The average molecular weight is 324 g/mol.